The van der Waals surface area contributed by atoms with Crippen LogP contribution < -0.4 is 20.1 Å². The standard InChI is InChI=1S/C24H34N2O3/c1-4-5-6-9-16-28-21-14-12-20(13-15-21)25-17-24(27)26-22-10-7-8-11-23(22)29-18-19(2)3/h7-8,10-15,19,25H,4-6,9,16-18H2,1-3H3,(H,26,27). The zero-order chi connectivity index (χ0) is 20.9. The largest absolute Gasteiger partial charge is 0.494 e. The number of anilines is 2. The van der Waals surface area contributed by atoms with Crippen LogP contribution in [0.4, 0.5) is 11.4 Å². The van der Waals surface area contributed by atoms with Crippen molar-refractivity contribution in [3.63, 3.8) is 0 Å². The highest BCUT2D eigenvalue weighted by Gasteiger charge is 2.08. The molecule has 0 heterocycles. The fourth-order valence-electron chi connectivity index (χ4n) is 2.72. The van der Waals surface area contributed by atoms with Crippen LogP contribution in [0.2, 0.25) is 0 Å². The van der Waals surface area contributed by atoms with Crippen LogP contribution in [-0.2, 0) is 4.79 Å². The maximum atomic E-state index is 12.3. The Kier molecular flexibility index (Phi) is 9.90. The summed E-state index contributed by atoms with van der Waals surface area (Å²) in [6, 6.07) is 15.2. The molecule has 2 aromatic rings. The molecule has 2 N–H and O–H groups in total. The van der Waals surface area contributed by atoms with E-state index in [4.69, 9.17) is 9.47 Å². The third kappa shape index (κ3) is 8.90. The summed E-state index contributed by atoms with van der Waals surface area (Å²) in [4.78, 5) is 12.3. The van der Waals surface area contributed by atoms with E-state index < -0.39 is 0 Å². The minimum absolute atomic E-state index is 0.123. The van der Waals surface area contributed by atoms with E-state index in [2.05, 4.69) is 31.4 Å². The third-order valence-corrected chi connectivity index (χ3v) is 4.31. The Morgan fingerprint density at radius 1 is 0.966 bits per heavy atom. The molecule has 2 aromatic carbocycles. The highest BCUT2D eigenvalue weighted by molar-refractivity contribution is 5.95. The lowest BCUT2D eigenvalue weighted by Gasteiger charge is -2.14. The normalized spacial score (nSPS) is 10.6. The maximum absolute atomic E-state index is 12.3. The second-order valence-electron chi connectivity index (χ2n) is 7.54. The van der Waals surface area contributed by atoms with Crippen molar-refractivity contribution in [2.24, 2.45) is 5.92 Å². The average Bonchev–Trinajstić information content (AvgIpc) is 2.72. The minimum Gasteiger partial charge on any atom is -0.494 e. The molecule has 1 amide bonds. The predicted octanol–water partition coefficient (Wildman–Crippen LogP) is 5.73. The number of unbranched alkanes of at least 4 members (excludes halogenated alkanes) is 3. The molecule has 0 aliphatic rings. The highest BCUT2D eigenvalue weighted by Crippen LogP contribution is 2.24. The quantitative estimate of drug-likeness (QED) is 0.423. The van der Waals surface area contributed by atoms with Gasteiger partial charge in [-0.25, -0.2) is 0 Å². The first kappa shape index (κ1) is 22.6. The summed E-state index contributed by atoms with van der Waals surface area (Å²) in [6.07, 6.45) is 4.76. The summed E-state index contributed by atoms with van der Waals surface area (Å²) >= 11 is 0. The van der Waals surface area contributed by atoms with Gasteiger partial charge < -0.3 is 20.1 Å². The van der Waals surface area contributed by atoms with Gasteiger partial charge in [0.2, 0.25) is 5.91 Å². The van der Waals surface area contributed by atoms with Crippen molar-refractivity contribution in [2.75, 3.05) is 30.4 Å². The molecule has 0 aliphatic heterocycles. The van der Waals surface area contributed by atoms with Crippen LogP contribution in [0.3, 0.4) is 0 Å². The van der Waals surface area contributed by atoms with Gasteiger partial charge in [-0.3, -0.25) is 4.79 Å². The zero-order valence-electron chi connectivity index (χ0n) is 17.9. The predicted molar refractivity (Wildman–Crippen MR) is 120 cm³/mol. The zero-order valence-corrected chi connectivity index (χ0v) is 17.9. The molecular weight excluding hydrogens is 364 g/mol. The van der Waals surface area contributed by atoms with Crippen molar-refractivity contribution < 1.29 is 14.3 Å². The van der Waals surface area contributed by atoms with E-state index in [-0.39, 0.29) is 12.5 Å². The average molecular weight is 399 g/mol. The molecule has 0 aromatic heterocycles. The molecule has 0 saturated carbocycles. The van der Waals surface area contributed by atoms with Gasteiger partial charge in [0.25, 0.3) is 0 Å². The van der Waals surface area contributed by atoms with Crippen molar-refractivity contribution in [1.82, 2.24) is 0 Å². The first-order valence-electron chi connectivity index (χ1n) is 10.6. The molecule has 5 heteroatoms. The monoisotopic (exact) mass is 398 g/mol. The molecule has 158 valence electrons. The fourth-order valence-corrected chi connectivity index (χ4v) is 2.72. The molecule has 0 bridgehead atoms. The third-order valence-electron chi connectivity index (χ3n) is 4.31. The molecule has 0 spiro atoms. The Balaban J connectivity index is 1.76. The fraction of sp³-hybridized carbons (Fsp3) is 0.458. The van der Waals surface area contributed by atoms with Crippen LogP contribution in [0.5, 0.6) is 11.5 Å². The molecule has 0 aliphatic carbocycles. The van der Waals surface area contributed by atoms with Gasteiger partial charge in [0.05, 0.1) is 25.4 Å². The lowest BCUT2D eigenvalue weighted by atomic mass is 10.2. The van der Waals surface area contributed by atoms with Gasteiger partial charge in [-0.15, -0.1) is 0 Å². The Morgan fingerprint density at radius 2 is 1.72 bits per heavy atom. The molecule has 29 heavy (non-hydrogen) atoms. The number of hydrogen-bond donors (Lipinski definition) is 2. The van der Waals surface area contributed by atoms with E-state index >= 15 is 0 Å². The molecule has 0 radical (unpaired) electrons. The summed E-state index contributed by atoms with van der Waals surface area (Å²) in [6.45, 7) is 7.91. The minimum atomic E-state index is -0.123. The van der Waals surface area contributed by atoms with Crippen LogP contribution >= 0.6 is 0 Å². The van der Waals surface area contributed by atoms with E-state index in [9.17, 15) is 4.79 Å². The van der Waals surface area contributed by atoms with Crippen molar-refractivity contribution in [2.45, 2.75) is 46.5 Å². The second-order valence-corrected chi connectivity index (χ2v) is 7.54. The van der Waals surface area contributed by atoms with Crippen LogP contribution in [0, 0.1) is 5.92 Å². The second kappa shape index (κ2) is 12.7. The van der Waals surface area contributed by atoms with E-state index in [1.54, 1.807) is 0 Å². The highest BCUT2D eigenvalue weighted by atomic mass is 16.5. The van der Waals surface area contributed by atoms with Crippen LogP contribution in [-0.4, -0.2) is 25.7 Å². The number of carbonyl (C=O) groups is 1. The Morgan fingerprint density at radius 3 is 2.45 bits per heavy atom. The van der Waals surface area contributed by atoms with E-state index in [0.717, 1.165) is 24.5 Å². The van der Waals surface area contributed by atoms with Crippen LogP contribution in [0.25, 0.3) is 0 Å². The van der Waals surface area contributed by atoms with Gasteiger partial charge in [-0.2, -0.15) is 0 Å². The number of amides is 1. The smallest absolute Gasteiger partial charge is 0.243 e. The van der Waals surface area contributed by atoms with E-state index in [1.165, 1.54) is 19.3 Å². The summed E-state index contributed by atoms with van der Waals surface area (Å²) in [5.74, 6) is 1.84. The summed E-state index contributed by atoms with van der Waals surface area (Å²) in [5.41, 5.74) is 1.56. The molecule has 2 rings (SSSR count). The maximum Gasteiger partial charge on any atom is 0.243 e. The SMILES string of the molecule is CCCCCCOc1ccc(NCC(=O)Nc2ccccc2OCC(C)C)cc1. The van der Waals surface area contributed by atoms with Crippen molar-refractivity contribution in [3.8, 4) is 11.5 Å². The number of carbonyl (C=O) groups excluding carboxylic acids is 1. The topological polar surface area (TPSA) is 59.6 Å². The van der Waals surface area contributed by atoms with Gasteiger partial charge in [0.1, 0.15) is 11.5 Å². The lowest BCUT2D eigenvalue weighted by molar-refractivity contribution is -0.114. The Labute approximate surface area is 174 Å². The first-order valence-corrected chi connectivity index (χ1v) is 10.6. The number of para-hydroxylation sites is 2. The van der Waals surface area contributed by atoms with Crippen molar-refractivity contribution >= 4 is 17.3 Å². The molecule has 0 saturated heterocycles. The molecule has 0 unspecified atom stereocenters. The van der Waals surface area contributed by atoms with Gasteiger partial charge in [0.15, 0.2) is 0 Å². The summed E-state index contributed by atoms with van der Waals surface area (Å²) in [5, 5.41) is 6.05. The number of benzene rings is 2. The lowest BCUT2D eigenvalue weighted by Crippen LogP contribution is -2.22. The van der Waals surface area contributed by atoms with E-state index in [0.29, 0.717) is 24.0 Å². The van der Waals surface area contributed by atoms with Crippen molar-refractivity contribution in [1.29, 1.82) is 0 Å². The van der Waals surface area contributed by atoms with Crippen molar-refractivity contribution in [3.05, 3.63) is 48.5 Å². The Bertz CT molecular complexity index is 729. The number of ether oxygens (including phenoxy) is 2. The first-order chi connectivity index (χ1) is 14.1. The van der Waals surface area contributed by atoms with Gasteiger partial charge in [-0.1, -0.05) is 52.2 Å². The Hall–Kier alpha value is -2.69. The molecule has 0 fully saturated rings. The number of rotatable bonds is 13. The summed E-state index contributed by atoms with van der Waals surface area (Å²) in [7, 11) is 0. The van der Waals surface area contributed by atoms with Gasteiger partial charge in [-0.05, 0) is 48.7 Å². The van der Waals surface area contributed by atoms with Gasteiger partial charge >= 0.3 is 0 Å². The molecule has 5 nitrogen and oxygen atoms in total. The van der Waals surface area contributed by atoms with Crippen LogP contribution in [0.1, 0.15) is 46.5 Å². The van der Waals surface area contributed by atoms with Gasteiger partial charge in [0, 0.05) is 5.69 Å². The molecule has 0 atom stereocenters. The van der Waals surface area contributed by atoms with E-state index in [1.807, 2.05) is 48.5 Å². The van der Waals surface area contributed by atoms with Crippen LogP contribution in [0.15, 0.2) is 48.5 Å². The number of nitrogens with one attached hydrogen (secondary N) is 2. The number of hydrogen-bond acceptors (Lipinski definition) is 4. The summed E-state index contributed by atoms with van der Waals surface area (Å²) < 4.78 is 11.5. The molecular formula is C24H34N2O3.